The van der Waals surface area contributed by atoms with Crippen LogP contribution < -0.4 is 10.2 Å². The van der Waals surface area contributed by atoms with Gasteiger partial charge in [0, 0.05) is 31.4 Å². The summed E-state index contributed by atoms with van der Waals surface area (Å²) >= 11 is 0. The van der Waals surface area contributed by atoms with Gasteiger partial charge in [-0.25, -0.2) is 0 Å². The predicted octanol–water partition coefficient (Wildman–Crippen LogP) is 1.76. The molecule has 0 spiro atoms. The molecule has 1 aromatic rings. The Balaban J connectivity index is 2.06. The van der Waals surface area contributed by atoms with Gasteiger partial charge in [0.05, 0.1) is 6.61 Å². The lowest BCUT2D eigenvalue weighted by Gasteiger charge is -2.25. The molecule has 0 aromatic heterocycles. The zero-order valence-electron chi connectivity index (χ0n) is 10.5. The highest BCUT2D eigenvalue weighted by Gasteiger charge is 2.20. The second kappa shape index (κ2) is 6.03. The van der Waals surface area contributed by atoms with E-state index in [0.717, 1.165) is 19.1 Å². The lowest BCUT2D eigenvalue weighted by Crippen LogP contribution is -2.28. The number of nitrogens with zero attached hydrogens (tertiary/aromatic N) is 1. The maximum Gasteiger partial charge on any atom is 0.0606 e. The average molecular weight is 234 g/mol. The van der Waals surface area contributed by atoms with Gasteiger partial charge in [-0.2, -0.15) is 0 Å². The Morgan fingerprint density at radius 1 is 1.35 bits per heavy atom. The Kier molecular flexibility index (Phi) is 4.40. The van der Waals surface area contributed by atoms with Crippen molar-refractivity contribution in [2.24, 2.45) is 0 Å². The van der Waals surface area contributed by atoms with E-state index in [4.69, 9.17) is 5.11 Å². The van der Waals surface area contributed by atoms with Gasteiger partial charge >= 0.3 is 0 Å². The first-order valence-corrected chi connectivity index (χ1v) is 6.52. The van der Waals surface area contributed by atoms with Crippen LogP contribution in [0.3, 0.4) is 0 Å². The molecule has 0 unspecified atom stereocenters. The van der Waals surface area contributed by atoms with Crippen LogP contribution in [-0.4, -0.2) is 30.8 Å². The summed E-state index contributed by atoms with van der Waals surface area (Å²) in [4.78, 5) is 2.23. The number of anilines is 1. The number of para-hydroxylation sites is 1. The summed E-state index contributed by atoms with van der Waals surface area (Å²) in [7, 11) is 0. The number of rotatable bonds is 7. The molecule has 0 amide bonds. The predicted molar refractivity (Wildman–Crippen MR) is 71.3 cm³/mol. The van der Waals surface area contributed by atoms with Crippen molar-refractivity contribution in [3.05, 3.63) is 29.8 Å². The first-order chi connectivity index (χ1) is 8.35. The minimum absolute atomic E-state index is 0.207. The van der Waals surface area contributed by atoms with Crippen molar-refractivity contribution in [1.29, 1.82) is 0 Å². The fraction of sp³-hybridized carbons (Fsp3) is 0.571. The van der Waals surface area contributed by atoms with Gasteiger partial charge in [-0.05, 0) is 31.4 Å². The van der Waals surface area contributed by atoms with E-state index in [1.165, 1.54) is 24.1 Å². The molecule has 1 saturated carbocycles. The topological polar surface area (TPSA) is 35.5 Å². The molecule has 17 heavy (non-hydrogen) atoms. The number of benzene rings is 1. The third-order valence-corrected chi connectivity index (χ3v) is 3.24. The van der Waals surface area contributed by atoms with Crippen LogP contribution in [0.4, 0.5) is 5.69 Å². The van der Waals surface area contributed by atoms with Crippen LogP contribution in [0.5, 0.6) is 0 Å². The van der Waals surface area contributed by atoms with Crippen molar-refractivity contribution in [2.45, 2.75) is 32.4 Å². The molecule has 0 heterocycles. The number of aliphatic hydroxyl groups is 1. The number of aliphatic hydroxyl groups excluding tert-OH is 1. The van der Waals surface area contributed by atoms with Crippen molar-refractivity contribution >= 4 is 5.69 Å². The van der Waals surface area contributed by atoms with Crippen molar-refractivity contribution in [3.8, 4) is 0 Å². The average Bonchev–Trinajstić information content (AvgIpc) is 3.18. The smallest absolute Gasteiger partial charge is 0.0606 e. The fourth-order valence-corrected chi connectivity index (χ4v) is 2.08. The summed E-state index contributed by atoms with van der Waals surface area (Å²) in [5.74, 6) is 0. The van der Waals surface area contributed by atoms with Crippen LogP contribution in [-0.2, 0) is 6.54 Å². The highest BCUT2D eigenvalue weighted by atomic mass is 16.3. The molecule has 3 nitrogen and oxygen atoms in total. The maximum absolute atomic E-state index is 9.09. The van der Waals surface area contributed by atoms with Crippen molar-refractivity contribution in [3.63, 3.8) is 0 Å². The molecule has 0 saturated heterocycles. The maximum atomic E-state index is 9.09. The molecule has 94 valence electrons. The quantitative estimate of drug-likeness (QED) is 0.754. The highest BCUT2D eigenvalue weighted by molar-refractivity contribution is 5.53. The zero-order chi connectivity index (χ0) is 12.1. The lowest BCUT2D eigenvalue weighted by molar-refractivity contribution is 0.302. The van der Waals surface area contributed by atoms with Gasteiger partial charge in [-0.15, -0.1) is 0 Å². The van der Waals surface area contributed by atoms with E-state index in [1.807, 2.05) is 0 Å². The summed E-state index contributed by atoms with van der Waals surface area (Å²) in [6.45, 7) is 4.90. The van der Waals surface area contributed by atoms with Crippen LogP contribution in [0.2, 0.25) is 0 Å². The van der Waals surface area contributed by atoms with E-state index in [-0.39, 0.29) is 6.61 Å². The molecule has 3 heteroatoms. The van der Waals surface area contributed by atoms with Crippen molar-refractivity contribution in [2.75, 3.05) is 24.6 Å². The van der Waals surface area contributed by atoms with Gasteiger partial charge < -0.3 is 15.3 Å². The Hall–Kier alpha value is -1.06. The van der Waals surface area contributed by atoms with E-state index in [9.17, 15) is 0 Å². The number of hydrogen-bond donors (Lipinski definition) is 2. The Morgan fingerprint density at radius 3 is 2.76 bits per heavy atom. The molecule has 2 N–H and O–H groups in total. The molecule has 0 bridgehead atoms. The minimum Gasteiger partial charge on any atom is -0.395 e. The van der Waals surface area contributed by atoms with Crippen LogP contribution >= 0.6 is 0 Å². The molecule has 1 aliphatic carbocycles. The molecule has 0 radical (unpaired) electrons. The first kappa shape index (κ1) is 12.4. The molecular weight excluding hydrogens is 212 g/mol. The Labute approximate surface area is 103 Å². The second-order valence-electron chi connectivity index (χ2n) is 4.59. The van der Waals surface area contributed by atoms with Gasteiger partial charge in [0.1, 0.15) is 0 Å². The van der Waals surface area contributed by atoms with Crippen LogP contribution in [0, 0.1) is 0 Å². The Bertz CT molecular complexity index is 350. The van der Waals surface area contributed by atoms with E-state index in [0.29, 0.717) is 6.54 Å². The third kappa shape index (κ3) is 3.45. The summed E-state index contributed by atoms with van der Waals surface area (Å²) in [5, 5.41) is 12.6. The summed E-state index contributed by atoms with van der Waals surface area (Å²) in [6.07, 6.45) is 2.63. The summed E-state index contributed by atoms with van der Waals surface area (Å²) in [6, 6.07) is 9.19. The first-order valence-electron chi connectivity index (χ1n) is 6.52. The van der Waals surface area contributed by atoms with Gasteiger partial charge in [0.2, 0.25) is 0 Å². The van der Waals surface area contributed by atoms with E-state index in [2.05, 4.69) is 41.4 Å². The monoisotopic (exact) mass is 234 g/mol. The summed E-state index contributed by atoms with van der Waals surface area (Å²) < 4.78 is 0. The largest absolute Gasteiger partial charge is 0.395 e. The van der Waals surface area contributed by atoms with E-state index in [1.54, 1.807) is 0 Å². The van der Waals surface area contributed by atoms with Crippen LogP contribution in [0.15, 0.2) is 24.3 Å². The minimum atomic E-state index is 0.207. The fourth-order valence-electron chi connectivity index (χ4n) is 2.08. The van der Waals surface area contributed by atoms with Gasteiger partial charge in [0.25, 0.3) is 0 Å². The van der Waals surface area contributed by atoms with Crippen molar-refractivity contribution < 1.29 is 5.11 Å². The van der Waals surface area contributed by atoms with Gasteiger partial charge in [0.15, 0.2) is 0 Å². The molecule has 0 aliphatic heterocycles. The van der Waals surface area contributed by atoms with Crippen molar-refractivity contribution in [1.82, 2.24) is 5.32 Å². The summed E-state index contributed by atoms with van der Waals surface area (Å²) in [5.41, 5.74) is 2.58. The van der Waals surface area contributed by atoms with Crippen LogP contribution in [0.1, 0.15) is 25.3 Å². The molecule has 0 atom stereocenters. The molecule has 1 aliphatic rings. The molecule has 1 aromatic carbocycles. The lowest BCUT2D eigenvalue weighted by atomic mass is 10.1. The third-order valence-electron chi connectivity index (χ3n) is 3.24. The standard InChI is InChI=1S/C14H22N2O/c1-2-16(9-10-17)14-6-4-3-5-12(14)11-15-13-7-8-13/h3-6,13,15,17H,2,7-11H2,1H3. The Morgan fingerprint density at radius 2 is 2.12 bits per heavy atom. The van der Waals surface area contributed by atoms with Crippen LogP contribution in [0.25, 0.3) is 0 Å². The SMILES string of the molecule is CCN(CCO)c1ccccc1CNC1CC1. The number of hydrogen-bond acceptors (Lipinski definition) is 3. The number of likely N-dealkylation sites (N-methyl/N-ethyl adjacent to an activating group) is 1. The molecule has 2 rings (SSSR count). The van der Waals surface area contributed by atoms with E-state index < -0.39 is 0 Å². The zero-order valence-corrected chi connectivity index (χ0v) is 10.5. The van der Waals surface area contributed by atoms with Gasteiger partial charge in [-0.3, -0.25) is 0 Å². The normalized spacial score (nSPS) is 14.9. The molecule has 1 fully saturated rings. The van der Waals surface area contributed by atoms with Gasteiger partial charge in [-0.1, -0.05) is 18.2 Å². The van der Waals surface area contributed by atoms with E-state index >= 15 is 0 Å². The second-order valence-corrected chi connectivity index (χ2v) is 4.59. The number of nitrogens with one attached hydrogen (secondary N) is 1. The molecular formula is C14H22N2O. The highest BCUT2D eigenvalue weighted by Crippen LogP contribution is 2.23.